The van der Waals surface area contributed by atoms with Crippen LogP contribution in [0, 0.1) is 0 Å². The van der Waals surface area contributed by atoms with E-state index in [2.05, 4.69) is 4.83 Å². The highest BCUT2D eigenvalue weighted by Crippen LogP contribution is 2.08. The monoisotopic (exact) mass is 180 g/mol. The maximum Gasteiger partial charge on any atom is 0.167 e. The van der Waals surface area contributed by atoms with Gasteiger partial charge >= 0.3 is 0 Å². The third-order valence-electron chi connectivity index (χ3n) is 0.852. The van der Waals surface area contributed by atoms with Crippen LogP contribution in [0.5, 0.6) is 0 Å². The van der Waals surface area contributed by atoms with Crippen molar-refractivity contribution in [1.82, 2.24) is 9.84 Å². The Labute approximate surface area is 64.3 Å². The van der Waals surface area contributed by atoms with Crippen molar-refractivity contribution < 1.29 is 8.42 Å². The number of nitrogens with zero attached hydrogens (tertiary/aromatic N) is 1. The van der Waals surface area contributed by atoms with Gasteiger partial charge in [0.25, 0.3) is 0 Å². The summed E-state index contributed by atoms with van der Waals surface area (Å²) in [4.78, 5) is 2.77. The fourth-order valence-corrected chi connectivity index (χ4v) is 1.82. The number of hydrogen-bond acceptors (Lipinski definition) is 5. The molecule has 0 saturated carbocycles. The molecule has 0 aromatic rings. The van der Waals surface area contributed by atoms with Gasteiger partial charge in [-0.1, -0.05) is 0 Å². The number of hydrazine groups is 1. The summed E-state index contributed by atoms with van der Waals surface area (Å²) in [7, 11) is -2.91. The second-order valence-corrected chi connectivity index (χ2v) is 4.82. The van der Waals surface area contributed by atoms with Gasteiger partial charge in [0, 0.05) is 17.9 Å². The van der Waals surface area contributed by atoms with Gasteiger partial charge in [-0.3, -0.25) is 5.01 Å². The van der Waals surface area contributed by atoms with Crippen LogP contribution in [0.15, 0.2) is 11.6 Å². The first-order valence-electron chi connectivity index (χ1n) is 2.60. The Morgan fingerprint density at radius 3 is 2.80 bits per heavy atom. The van der Waals surface area contributed by atoms with Gasteiger partial charge in [-0.15, -0.1) is 0 Å². The molecular formula is C4H8N2O2S2. The van der Waals surface area contributed by atoms with Crippen LogP contribution < -0.4 is 4.83 Å². The Balaban J connectivity index is 2.47. The molecule has 10 heavy (non-hydrogen) atoms. The molecule has 1 N–H and O–H groups in total. The minimum Gasteiger partial charge on any atom is -0.290 e. The quantitative estimate of drug-likeness (QED) is 0.603. The maximum atomic E-state index is 10.7. The SMILES string of the molecule is CS(=O)(=O)CN1C=CSN1. The Morgan fingerprint density at radius 2 is 2.40 bits per heavy atom. The van der Waals surface area contributed by atoms with Gasteiger partial charge in [0.2, 0.25) is 0 Å². The molecule has 4 nitrogen and oxygen atoms in total. The van der Waals surface area contributed by atoms with Gasteiger partial charge in [-0.05, 0) is 11.9 Å². The molecule has 1 aliphatic heterocycles. The lowest BCUT2D eigenvalue weighted by molar-refractivity contribution is 0.413. The third kappa shape index (κ3) is 2.59. The van der Waals surface area contributed by atoms with E-state index in [1.54, 1.807) is 11.6 Å². The first-order valence-corrected chi connectivity index (χ1v) is 5.54. The molecule has 0 radical (unpaired) electrons. The van der Waals surface area contributed by atoms with Crippen LogP contribution >= 0.6 is 11.9 Å². The van der Waals surface area contributed by atoms with E-state index in [4.69, 9.17) is 0 Å². The molecule has 0 aliphatic carbocycles. The van der Waals surface area contributed by atoms with Crippen LogP contribution in [0.1, 0.15) is 0 Å². The normalized spacial score (nSPS) is 18.3. The summed E-state index contributed by atoms with van der Waals surface area (Å²) in [5.74, 6) is 0.0243. The molecule has 0 fully saturated rings. The zero-order valence-corrected chi connectivity index (χ0v) is 7.08. The van der Waals surface area contributed by atoms with Crippen LogP contribution in [0.2, 0.25) is 0 Å². The topological polar surface area (TPSA) is 49.4 Å². The highest BCUT2D eigenvalue weighted by Gasteiger charge is 2.10. The average molecular weight is 180 g/mol. The molecule has 1 aliphatic rings. The number of rotatable bonds is 2. The van der Waals surface area contributed by atoms with Gasteiger partial charge in [0.05, 0.1) is 0 Å². The number of sulfone groups is 1. The number of nitrogens with one attached hydrogen (secondary N) is 1. The summed E-state index contributed by atoms with van der Waals surface area (Å²) in [5, 5.41) is 3.30. The predicted octanol–water partition coefficient (Wildman–Crippen LogP) is -0.0719. The predicted molar refractivity (Wildman–Crippen MR) is 41.4 cm³/mol. The van der Waals surface area contributed by atoms with E-state index >= 15 is 0 Å². The van der Waals surface area contributed by atoms with Crippen molar-refractivity contribution in [3.63, 3.8) is 0 Å². The highest BCUT2D eigenvalue weighted by molar-refractivity contribution is 8.00. The summed E-state index contributed by atoms with van der Waals surface area (Å²) < 4.78 is 21.3. The Hall–Kier alpha value is -0.200. The zero-order valence-electron chi connectivity index (χ0n) is 5.44. The van der Waals surface area contributed by atoms with Gasteiger partial charge in [-0.25, -0.2) is 8.42 Å². The first kappa shape index (κ1) is 7.90. The first-order chi connectivity index (χ1) is 4.58. The fraction of sp³-hybridized carbons (Fsp3) is 0.500. The molecule has 0 spiro atoms. The van der Waals surface area contributed by atoms with E-state index in [-0.39, 0.29) is 5.88 Å². The molecule has 0 amide bonds. The smallest absolute Gasteiger partial charge is 0.167 e. The molecule has 0 atom stereocenters. The van der Waals surface area contributed by atoms with Gasteiger partial charge in [0.15, 0.2) is 9.84 Å². The standard InChI is InChI=1S/C4H8N2O2S2/c1-10(7,8)4-6-2-3-9-5-6/h2-3,5H,4H2,1H3. The van der Waals surface area contributed by atoms with Crippen molar-refractivity contribution in [3.8, 4) is 0 Å². The minimum atomic E-state index is -2.91. The van der Waals surface area contributed by atoms with E-state index in [0.717, 1.165) is 0 Å². The van der Waals surface area contributed by atoms with Crippen LogP contribution in [-0.4, -0.2) is 25.6 Å². The largest absolute Gasteiger partial charge is 0.290 e. The molecular weight excluding hydrogens is 172 g/mol. The molecule has 1 heterocycles. The van der Waals surface area contributed by atoms with Crippen molar-refractivity contribution in [3.05, 3.63) is 11.6 Å². The molecule has 0 saturated heterocycles. The Kier molecular flexibility index (Phi) is 2.22. The minimum absolute atomic E-state index is 0.0243. The van der Waals surface area contributed by atoms with Gasteiger partial charge in [-0.2, -0.15) is 4.83 Å². The van der Waals surface area contributed by atoms with Crippen molar-refractivity contribution in [2.24, 2.45) is 0 Å². The van der Waals surface area contributed by atoms with Crippen molar-refractivity contribution in [1.29, 1.82) is 0 Å². The lowest BCUT2D eigenvalue weighted by Crippen LogP contribution is -2.29. The summed E-state index contributed by atoms with van der Waals surface area (Å²) >= 11 is 1.35. The van der Waals surface area contributed by atoms with E-state index in [1.165, 1.54) is 23.2 Å². The molecule has 58 valence electrons. The van der Waals surface area contributed by atoms with Gasteiger partial charge < -0.3 is 0 Å². The highest BCUT2D eigenvalue weighted by atomic mass is 32.2. The molecule has 0 aromatic heterocycles. The van der Waals surface area contributed by atoms with Crippen LogP contribution in [-0.2, 0) is 9.84 Å². The summed E-state index contributed by atoms with van der Waals surface area (Å²) in [6.07, 6.45) is 2.89. The molecule has 1 rings (SSSR count). The third-order valence-corrected chi connectivity index (χ3v) is 2.20. The van der Waals surface area contributed by atoms with E-state index in [1.807, 2.05) is 0 Å². The molecule has 0 bridgehead atoms. The molecule has 0 aromatic carbocycles. The zero-order chi connectivity index (χ0) is 7.61. The summed E-state index contributed by atoms with van der Waals surface area (Å²) in [6, 6.07) is 0. The van der Waals surface area contributed by atoms with Crippen molar-refractivity contribution in [2.45, 2.75) is 0 Å². The Bertz CT molecular complexity index is 234. The summed E-state index contributed by atoms with van der Waals surface area (Å²) in [6.45, 7) is 0. The fourth-order valence-electron chi connectivity index (χ4n) is 0.554. The molecule has 0 unspecified atom stereocenters. The van der Waals surface area contributed by atoms with Crippen molar-refractivity contribution in [2.75, 3.05) is 12.1 Å². The van der Waals surface area contributed by atoms with Crippen LogP contribution in [0.4, 0.5) is 0 Å². The second-order valence-electron chi connectivity index (χ2n) is 2.02. The number of hydrogen-bond donors (Lipinski definition) is 1. The van der Waals surface area contributed by atoms with Crippen molar-refractivity contribution >= 4 is 21.8 Å². The second kappa shape index (κ2) is 2.81. The van der Waals surface area contributed by atoms with Crippen LogP contribution in [0.3, 0.4) is 0 Å². The van der Waals surface area contributed by atoms with E-state index in [9.17, 15) is 8.42 Å². The van der Waals surface area contributed by atoms with E-state index in [0.29, 0.717) is 0 Å². The molecule has 6 heteroatoms. The van der Waals surface area contributed by atoms with Crippen LogP contribution in [0.25, 0.3) is 0 Å². The van der Waals surface area contributed by atoms with Gasteiger partial charge in [0.1, 0.15) is 5.88 Å². The average Bonchev–Trinajstić information content (AvgIpc) is 2.12. The maximum absolute atomic E-state index is 10.7. The Morgan fingerprint density at radius 1 is 1.70 bits per heavy atom. The summed E-state index contributed by atoms with van der Waals surface area (Å²) in [5.41, 5.74) is 0. The lowest BCUT2D eigenvalue weighted by Gasteiger charge is -2.12. The lowest BCUT2D eigenvalue weighted by atomic mass is 11.0. The van der Waals surface area contributed by atoms with E-state index < -0.39 is 9.84 Å².